The summed E-state index contributed by atoms with van der Waals surface area (Å²) in [5.41, 5.74) is 5.82. The Morgan fingerprint density at radius 1 is 1.23 bits per heavy atom. The lowest BCUT2D eigenvalue weighted by atomic mass is 9.71. The maximum Gasteiger partial charge on any atom is 0.409 e. The molecule has 3 heterocycles. The van der Waals surface area contributed by atoms with Gasteiger partial charge >= 0.3 is 6.09 Å². The van der Waals surface area contributed by atoms with Gasteiger partial charge in [-0.2, -0.15) is 0 Å². The minimum atomic E-state index is -0.188. The number of amides is 1. The van der Waals surface area contributed by atoms with E-state index in [9.17, 15) is 4.79 Å². The third kappa shape index (κ3) is 3.30. The highest BCUT2D eigenvalue weighted by molar-refractivity contribution is 5.90. The van der Waals surface area contributed by atoms with Crippen LogP contribution in [0.15, 0.2) is 18.2 Å². The van der Waals surface area contributed by atoms with Crippen LogP contribution in [0.25, 0.3) is 10.9 Å². The van der Waals surface area contributed by atoms with Gasteiger partial charge in [-0.15, -0.1) is 0 Å². The number of likely N-dealkylation sites (N-methyl/N-ethyl adjacent to an activating group) is 1. The number of piperidine rings is 1. The Balaban J connectivity index is 1.28. The van der Waals surface area contributed by atoms with Crippen molar-refractivity contribution in [3.63, 3.8) is 0 Å². The van der Waals surface area contributed by atoms with Crippen LogP contribution in [0.4, 0.5) is 4.79 Å². The summed E-state index contributed by atoms with van der Waals surface area (Å²) in [5, 5.41) is 1.49. The molecule has 1 amide bonds. The topological polar surface area (TPSA) is 46.9 Å². The maximum absolute atomic E-state index is 12.3. The van der Waals surface area contributed by atoms with E-state index in [1.165, 1.54) is 34.1 Å². The van der Waals surface area contributed by atoms with E-state index in [0.717, 1.165) is 19.4 Å². The van der Waals surface area contributed by atoms with Gasteiger partial charge in [0.25, 0.3) is 0 Å². The predicted octanol–water partition coefficient (Wildman–Crippen LogP) is 3.31. The summed E-state index contributed by atoms with van der Waals surface area (Å²) >= 11 is 0. The van der Waals surface area contributed by atoms with Crippen LogP contribution in [0.1, 0.15) is 35.6 Å². The second-order valence-electron chi connectivity index (χ2n) is 9.29. The molecule has 0 radical (unpaired) electrons. The summed E-state index contributed by atoms with van der Waals surface area (Å²) in [6.07, 6.45) is 3.06. The van der Waals surface area contributed by atoms with E-state index in [-0.39, 0.29) is 6.09 Å². The third-order valence-corrected chi connectivity index (χ3v) is 7.68. The number of ether oxygens (including phenoxy) is 2. The largest absolute Gasteiger partial charge is 0.449 e. The van der Waals surface area contributed by atoms with Gasteiger partial charge in [-0.05, 0) is 56.3 Å². The van der Waals surface area contributed by atoms with E-state index >= 15 is 0 Å². The summed E-state index contributed by atoms with van der Waals surface area (Å²) in [4.78, 5) is 16.6. The Morgan fingerprint density at radius 3 is 2.83 bits per heavy atom. The highest BCUT2D eigenvalue weighted by atomic mass is 16.6. The molecular weight excluding hydrogens is 378 g/mol. The van der Waals surface area contributed by atoms with Gasteiger partial charge in [0.2, 0.25) is 0 Å². The van der Waals surface area contributed by atoms with Gasteiger partial charge < -0.3 is 23.8 Å². The first kappa shape index (κ1) is 19.9. The SMILES string of the molecule is Cc1c2c3c(cccc3n1C)[C@H]1CC(CCOC(=O)N3CCOCC3)CN(C)[C@@H]1C2. The number of rotatable bonds is 3. The number of nitrogens with zero attached hydrogens (tertiary/aromatic N) is 3. The number of benzene rings is 1. The lowest BCUT2D eigenvalue weighted by Crippen LogP contribution is -2.48. The van der Waals surface area contributed by atoms with Crippen LogP contribution < -0.4 is 0 Å². The van der Waals surface area contributed by atoms with Crippen molar-refractivity contribution in [1.82, 2.24) is 14.4 Å². The smallest absolute Gasteiger partial charge is 0.409 e. The quantitative estimate of drug-likeness (QED) is 0.778. The Morgan fingerprint density at radius 2 is 2.03 bits per heavy atom. The van der Waals surface area contributed by atoms with E-state index in [0.29, 0.717) is 50.8 Å². The average molecular weight is 412 g/mol. The van der Waals surface area contributed by atoms with Crippen molar-refractivity contribution in [3.05, 3.63) is 35.0 Å². The zero-order valence-electron chi connectivity index (χ0n) is 18.4. The molecule has 6 heteroatoms. The molecule has 0 bridgehead atoms. The fourth-order valence-electron chi connectivity index (χ4n) is 5.93. The van der Waals surface area contributed by atoms with Crippen LogP contribution in [-0.4, -0.2) is 73.0 Å². The Labute approximate surface area is 178 Å². The second kappa shape index (κ2) is 7.89. The molecule has 1 aromatic heterocycles. The molecule has 5 rings (SSSR count). The zero-order chi connectivity index (χ0) is 20.8. The molecule has 2 fully saturated rings. The van der Waals surface area contributed by atoms with E-state index < -0.39 is 0 Å². The minimum absolute atomic E-state index is 0.188. The molecule has 0 spiro atoms. The molecule has 1 aliphatic carbocycles. The van der Waals surface area contributed by atoms with E-state index in [4.69, 9.17) is 9.47 Å². The molecule has 162 valence electrons. The van der Waals surface area contributed by atoms with Crippen LogP contribution in [0.5, 0.6) is 0 Å². The second-order valence-corrected chi connectivity index (χ2v) is 9.29. The maximum atomic E-state index is 12.3. The first-order chi connectivity index (χ1) is 14.5. The van der Waals surface area contributed by atoms with E-state index in [1.54, 1.807) is 4.90 Å². The van der Waals surface area contributed by atoms with Gasteiger partial charge in [0.15, 0.2) is 0 Å². The van der Waals surface area contributed by atoms with Crippen LogP contribution in [0, 0.1) is 12.8 Å². The first-order valence-corrected chi connectivity index (χ1v) is 11.3. The Kier molecular flexibility index (Phi) is 5.23. The first-order valence-electron chi connectivity index (χ1n) is 11.3. The number of carbonyl (C=O) groups excluding carboxylic acids is 1. The number of hydrogen-bond acceptors (Lipinski definition) is 4. The molecule has 0 N–H and O–H groups in total. The molecule has 2 saturated heterocycles. The summed E-state index contributed by atoms with van der Waals surface area (Å²) in [6, 6.07) is 7.38. The Bertz CT molecular complexity index is 947. The van der Waals surface area contributed by atoms with Crippen molar-refractivity contribution in [1.29, 1.82) is 0 Å². The minimum Gasteiger partial charge on any atom is -0.449 e. The Hall–Kier alpha value is -2.05. The van der Waals surface area contributed by atoms with Gasteiger partial charge in [0.1, 0.15) is 0 Å². The van der Waals surface area contributed by atoms with E-state index in [1.807, 2.05) is 0 Å². The molecule has 0 saturated carbocycles. The average Bonchev–Trinajstić information content (AvgIpc) is 3.01. The molecule has 2 aromatic rings. The summed E-state index contributed by atoms with van der Waals surface area (Å²) in [7, 11) is 4.46. The molecule has 1 unspecified atom stereocenters. The lowest BCUT2D eigenvalue weighted by Gasteiger charge is -2.45. The van der Waals surface area contributed by atoms with Crippen molar-refractivity contribution in [2.75, 3.05) is 46.5 Å². The molecule has 3 atom stereocenters. The highest BCUT2D eigenvalue weighted by Crippen LogP contribution is 2.46. The van der Waals surface area contributed by atoms with Gasteiger partial charge in [-0.1, -0.05) is 12.1 Å². The molecule has 6 nitrogen and oxygen atoms in total. The molecule has 2 aliphatic heterocycles. The van der Waals surface area contributed by atoms with Crippen molar-refractivity contribution in [2.24, 2.45) is 13.0 Å². The highest BCUT2D eigenvalue weighted by Gasteiger charge is 2.40. The van der Waals surface area contributed by atoms with Gasteiger partial charge in [0, 0.05) is 55.2 Å². The number of aryl methyl sites for hydroxylation is 1. The standard InChI is InChI=1S/C24H33N3O3/c1-16-19-14-22-20(18-5-4-6-21(23(18)19)26(16)3)13-17(15-25(22)2)7-10-30-24(28)27-8-11-29-12-9-27/h4-6,17,20,22H,7-15H2,1-3H3/t17?,20-,22-/m1/s1. The van der Waals surface area contributed by atoms with Gasteiger partial charge in [0.05, 0.1) is 19.8 Å². The molecular formula is C24H33N3O3. The van der Waals surface area contributed by atoms with Crippen LogP contribution >= 0.6 is 0 Å². The van der Waals surface area contributed by atoms with Crippen LogP contribution in [0.2, 0.25) is 0 Å². The van der Waals surface area contributed by atoms with Gasteiger partial charge in [-0.3, -0.25) is 0 Å². The zero-order valence-corrected chi connectivity index (χ0v) is 18.4. The number of hydrogen-bond donors (Lipinski definition) is 0. The van der Waals surface area contributed by atoms with Crippen molar-refractivity contribution >= 4 is 17.0 Å². The predicted molar refractivity (Wildman–Crippen MR) is 117 cm³/mol. The normalized spacial score (nSPS) is 26.6. The fourth-order valence-corrected chi connectivity index (χ4v) is 5.93. The van der Waals surface area contributed by atoms with Crippen molar-refractivity contribution < 1.29 is 14.3 Å². The third-order valence-electron chi connectivity index (χ3n) is 7.68. The van der Waals surface area contributed by atoms with E-state index in [2.05, 4.69) is 48.7 Å². The van der Waals surface area contributed by atoms with Crippen molar-refractivity contribution in [3.8, 4) is 0 Å². The number of morpholine rings is 1. The molecule has 30 heavy (non-hydrogen) atoms. The summed E-state index contributed by atoms with van der Waals surface area (Å²) in [6.45, 7) is 6.33. The number of fused-ring (bicyclic) bond motifs is 2. The number of carbonyl (C=O) groups is 1. The van der Waals surface area contributed by atoms with Gasteiger partial charge in [-0.25, -0.2) is 4.79 Å². The molecule has 1 aromatic carbocycles. The van der Waals surface area contributed by atoms with Crippen molar-refractivity contribution in [2.45, 2.75) is 38.1 Å². The van der Waals surface area contributed by atoms with Crippen LogP contribution in [-0.2, 0) is 22.9 Å². The molecule has 3 aliphatic rings. The lowest BCUT2D eigenvalue weighted by molar-refractivity contribution is 0.0232. The van der Waals surface area contributed by atoms with Crippen LogP contribution in [0.3, 0.4) is 0 Å². The monoisotopic (exact) mass is 411 g/mol. The summed E-state index contributed by atoms with van der Waals surface area (Å²) in [5.74, 6) is 1.11. The summed E-state index contributed by atoms with van der Waals surface area (Å²) < 4.78 is 13.3. The number of likely N-dealkylation sites (tertiary alicyclic amines) is 1. The number of aromatic nitrogens is 1. The fraction of sp³-hybridized carbons (Fsp3) is 0.625.